The van der Waals surface area contributed by atoms with Crippen LogP contribution in [-0.4, -0.2) is 39.7 Å². The van der Waals surface area contributed by atoms with Crippen LogP contribution in [0.15, 0.2) is 30.3 Å². The molecule has 0 spiro atoms. The minimum atomic E-state index is -0.385. The van der Waals surface area contributed by atoms with Crippen molar-refractivity contribution in [1.82, 2.24) is 15.0 Å². The van der Waals surface area contributed by atoms with E-state index in [1.807, 2.05) is 18.2 Å². The molecule has 0 saturated heterocycles. The van der Waals surface area contributed by atoms with Gasteiger partial charge in [0.2, 0.25) is 0 Å². The molecule has 8 heteroatoms. The van der Waals surface area contributed by atoms with Crippen molar-refractivity contribution in [3.63, 3.8) is 0 Å². The number of benzene rings is 2. The maximum absolute atomic E-state index is 13.2. The monoisotopic (exact) mass is 466 g/mol. The summed E-state index contributed by atoms with van der Waals surface area (Å²) in [5.41, 5.74) is 3.56. The fraction of sp³-hybridized carbons (Fsp3) is 0.423. The number of aromatic nitrogens is 3. The first-order chi connectivity index (χ1) is 16.1. The third-order valence-electron chi connectivity index (χ3n) is 5.68. The van der Waals surface area contributed by atoms with E-state index in [4.69, 9.17) is 9.47 Å². The minimum absolute atomic E-state index is 0.0895. The Morgan fingerprint density at radius 1 is 1.15 bits per heavy atom. The van der Waals surface area contributed by atoms with Gasteiger partial charge in [0.1, 0.15) is 22.9 Å². The third kappa shape index (κ3) is 5.32. The van der Waals surface area contributed by atoms with E-state index >= 15 is 0 Å². The molecule has 0 saturated carbocycles. The van der Waals surface area contributed by atoms with Crippen LogP contribution in [0.2, 0.25) is 0 Å². The standard InChI is InChI=1S/C26H34N4O4/c1-8-9-12-34-22-11-10-18(26(4,5)6)14-19(22)27-25(32)24-17(3)30(29-28-24)20-13-16(2)21(31)15-23(20)33-7/h10-11,13-15,31H,8-9,12H2,1-7H3,(H,27,32). The Balaban J connectivity index is 1.95. The van der Waals surface area contributed by atoms with E-state index in [0.717, 1.165) is 18.4 Å². The average Bonchev–Trinajstić information content (AvgIpc) is 3.16. The van der Waals surface area contributed by atoms with E-state index in [-0.39, 0.29) is 22.8 Å². The second-order valence-corrected chi connectivity index (χ2v) is 9.36. The van der Waals surface area contributed by atoms with E-state index in [9.17, 15) is 9.90 Å². The lowest BCUT2D eigenvalue weighted by Crippen LogP contribution is -2.17. The SMILES string of the molecule is CCCCOc1ccc(C(C)(C)C)cc1NC(=O)c1nnn(-c2cc(C)c(O)cc2OC)c1C. The Bertz CT molecular complexity index is 1180. The molecule has 0 unspecified atom stereocenters. The van der Waals surface area contributed by atoms with Crippen LogP contribution >= 0.6 is 0 Å². The zero-order valence-corrected chi connectivity index (χ0v) is 21.0. The highest BCUT2D eigenvalue weighted by molar-refractivity contribution is 6.04. The second-order valence-electron chi connectivity index (χ2n) is 9.36. The number of carbonyl (C=O) groups is 1. The highest BCUT2D eigenvalue weighted by Crippen LogP contribution is 2.33. The van der Waals surface area contributed by atoms with Gasteiger partial charge in [0.15, 0.2) is 5.69 Å². The van der Waals surface area contributed by atoms with Crippen molar-refractivity contribution in [3.05, 3.63) is 52.8 Å². The summed E-state index contributed by atoms with van der Waals surface area (Å²) in [5, 5.41) is 21.3. The number of hydrogen-bond acceptors (Lipinski definition) is 6. The molecule has 8 nitrogen and oxygen atoms in total. The number of nitrogens with zero attached hydrogens (tertiary/aromatic N) is 3. The maximum Gasteiger partial charge on any atom is 0.278 e. The number of phenolic OH excluding ortho intramolecular Hbond substituents is 1. The molecule has 0 aliphatic carbocycles. The van der Waals surface area contributed by atoms with Crippen LogP contribution < -0.4 is 14.8 Å². The van der Waals surface area contributed by atoms with Gasteiger partial charge in [-0.05, 0) is 55.0 Å². The van der Waals surface area contributed by atoms with E-state index in [1.165, 1.54) is 17.9 Å². The molecule has 0 atom stereocenters. The number of nitrogens with one attached hydrogen (secondary N) is 1. The molecular weight excluding hydrogens is 432 g/mol. The van der Waals surface area contributed by atoms with Gasteiger partial charge in [-0.1, -0.05) is 45.4 Å². The van der Waals surface area contributed by atoms with Crippen LogP contribution in [0.1, 0.15) is 67.8 Å². The van der Waals surface area contributed by atoms with Crippen molar-refractivity contribution in [2.24, 2.45) is 0 Å². The zero-order valence-electron chi connectivity index (χ0n) is 21.0. The first-order valence-corrected chi connectivity index (χ1v) is 11.5. The molecule has 0 radical (unpaired) electrons. The number of carbonyl (C=O) groups excluding carboxylic acids is 1. The molecule has 34 heavy (non-hydrogen) atoms. The number of hydrogen-bond donors (Lipinski definition) is 2. The van der Waals surface area contributed by atoms with Crippen LogP contribution in [-0.2, 0) is 5.41 Å². The number of phenols is 1. The molecule has 1 amide bonds. The summed E-state index contributed by atoms with van der Waals surface area (Å²) in [6, 6.07) is 9.14. The average molecular weight is 467 g/mol. The number of ether oxygens (including phenoxy) is 2. The van der Waals surface area contributed by atoms with Crippen molar-refractivity contribution in [2.75, 3.05) is 19.0 Å². The molecule has 0 fully saturated rings. The minimum Gasteiger partial charge on any atom is -0.508 e. The predicted octanol–water partition coefficient (Wildman–Crippen LogP) is 5.33. The summed E-state index contributed by atoms with van der Waals surface area (Å²) in [4.78, 5) is 13.2. The van der Waals surface area contributed by atoms with Crippen molar-refractivity contribution >= 4 is 11.6 Å². The first-order valence-electron chi connectivity index (χ1n) is 11.5. The van der Waals surface area contributed by atoms with Gasteiger partial charge >= 0.3 is 0 Å². The van der Waals surface area contributed by atoms with Gasteiger partial charge in [0.05, 0.1) is 25.1 Å². The number of methoxy groups -OCH3 is 1. The summed E-state index contributed by atoms with van der Waals surface area (Å²) in [6.07, 6.45) is 1.94. The predicted molar refractivity (Wildman–Crippen MR) is 133 cm³/mol. The lowest BCUT2D eigenvalue weighted by Gasteiger charge is -2.21. The Labute approximate surface area is 200 Å². The molecule has 182 valence electrons. The fourth-order valence-corrected chi connectivity index (χ4v) is 3.49. The van der Waals surface area contributed by atoms with Crippen LogP contribution in [0.3, 0.4) is 0 Å². The van der Waals surface area contributed by atoms with E-state index < -0.39 is 0 Å². The van der Waals surface area contributed by atoms with E-state index in [1.54, 1.807) is 19.9 Å². The number of aryl methyl sites for hydroxylation is 1. The summed E-state index contributed by atoms with van der Waals surface area (Å²) in [6.45, 7) is 12.6. The Hall–Kier alpha value is -3.55. The summed E-state index contributed by atoms with van der Waals surface area (Å²) < 4.78 is 12.9. The Morgan fingerprint density at radius 2 is 1.88 bits per heavy atom. The van der Waals surface area contributed by atoms with Crippen molar-refractivity contribution < 1.29 is 19.4 Å². The van der Waals surface area contributed by atoms with Crippen molar-refractivity contribution in [3.8, 4) is 22.9 Å². The van der Waals surface area contributed by atoms with Gasteiger partial charge in [0.25, 0.3) is 5.91 Å². The van der Waals surface area contributed by atoms with Crippen LogP contribution in [0.4, 0.5) is 5.69 Å². The smallest absolute Gasteiger partial charge is 0.278 e. The highest BCUT2D eigenvalue weighted by Gasteiger charge is 2.22. The largest absolute Gasteiger partial charge is 0.508 e. The van der Waals surface area contributed by atoms with Crippen LogP contribution in [0.5, 0.6) is 17.2 Å². The second kappa shape index (κ2) is 10.2. The van der Waals surface area contributed by atoms with Crippen LogP contribution in [0.25, 0.3) is 5.69 Å². The van der Waals surface area contributed by atoms with Gasteiger partial charge in [-0.3, -0.25) is 4.79 Å². The summed E-state index contributed by atoms with van der Waals surface area (Å²) >= 11 is 0. The molecule has 0 aliphatic rings. The number of unbranched alkanes of at least 4 members (excludes halogenated alkanes) is 1. The molecular formula is C26H34N4O4. The molecule has 2 N–H and O–H groups in total. The van der Waals surface area contributed by atoms with Crippen molar-refractivity contribution in [1.29, 1.82) is 0 Å². The molecule has 2 aromatic carbocycles. The number of anilines is 1. The Morgan fingerprint density at radius 3 is 2.53 bits per heavy atom. The quantitative estimate of drug-likeness (QED) is 0.436. The molecule has 3 rings (SSSR count). The normalized spacial score (nSPS) is 11.4. The summed E-state index contributed by atoms with van der Waals surface area (Å²) in [7, 11) is 1.51. The fourth-order valence-electron chi connectivity index (χ4n) is 3.49. The lowest BCUT2D eigenvalue weighted by molar-refractivity contribution is 0.102. The molecule has 1 aromatic heterocycles. The first kappa shape index (κ1) is 25.1. The number of amides is 1. The molecule has 3 aromatic rings. The molecule has 0 aliphatic heterocycles. The molecule has 0 bridgehead atoms. The van der Waals surface area contributed by atoms with E-state index in [2.05, 4.69) is 43.3 Å². The van der Waals surface area contributed by atoms with Gasteiger partial charge < -0.3 is 19.9 Å². The van der Waals surface area contributed by atoms with Gasteiger partial charge in [-0.2, -0.15) is 0 Å². The third-order valence-corrected chi connectivity index (χ3v) is 5.68. The Kier molecular flexibility index (Phi) is 7.49. The van der Waals surface area contributed by atoms with Gasteiger partial charge in [-0.15, -0.1) is 5.10 Å². The maximum atomic E-state index is 13.2. The van der Waals surface area contributed by atoms with Crippen LogP contribution in [0, 0.1) is 13.8 Å². The van der Waals surface area contributed by atoms with E-state index in [0.29, 0.717) is 40.7 Å². The number of aromatic hydroxyl groups is 1. The zero-order chi connectivity index (χ0) is 25.0. The lowest BCUT2D eigenvalue weighted by atomic mass is 9.87. The number of rotatable bonds is 8. The topological polar surface area (TPSA) is 98.5 Å². The van der Waals surface area contributed by atoms with Crippen molar-refractivity contribution in [2.45, 2.75) is 59.8 Å². The summed E-state index contributed by atoms with van der Waals surface area (Å²) in [5.74, 6) is 0.776. The molecule has 1 heterocycles. The van der Waals surface area contributed by atoms with Gasteiger partial charge in [0, 0.05) is 6.07 Å². The van der Waals surface area contributed by atoms with Gasteiger partial charge in [-0.25, -0.2) is 4.68 Å². The highest BCUT2D eigenvalue weighted by atomic mass is 16.5.